The molecule has 232 valence electrons. The second kappa shape index (κ2) is 12.2. The summed E-state index contributed by atoms with van der Waals surface area (Å²) in [6.45, 7) is 4.14. The van der Waals surface area contributed by atoms with Crippen LogP contribution in [0.15, 0.2) is 36.4 Å². The largest absolute Gasteiger partial charge is 0.451 e. The maximum absolute atomic E-state index is 14.6. The highest BCUT2D eigenvalue weighted by Crippen LogP contribution is 2.35. The van der Waals surface area contributed by atoms with Gasteiger partial charge in [0.05, 0.1) is 6.04 Å². The van der Waals surface area contributed by atoms with Gasteiger partial charge in [-0.3, -0.25) is 4.79 Å². The lowest BCUT2D eigenvalue weighted by molar-refractivity contribution is -0.148. The molecule has 0 saturated heterocycles. The normalized spacial score (nSPS) is 16.0. The molecule has 4 rings (SSSR count). The van der Waals surface area contributed by atoms with Gasteiger partial charge < -0.3 is 19.5 Å². The maximum atomic E-state index is 14.6. The third-order valence-electron chi connectivity index (χ3n) is 6.66. The Morgan fingerprint density at radius 3 is 2.28 bits per heavy atom. The summed E-state index contributed by atoms with van der Waals surface area (Å²) >= 11 is 0. The third-order valence-corrected chi connectivity index (χ3v) is 6.66. The van der Waals surface area contributed by atoms with Gasteiger partial charge in [0.1, 0.15) is 17.2 Å². The lowest BCUT2D eigenvalue weighted by Crippen LogP contribution is -2.48. The van der Waals surface area contributed by atoms with Crippen molar-refractivity contribution < 1.29 is 45.1 Å². The number of rotatable bonds is 7. The van der Waals surface area contributed by atoms with Crippen molar-refractivity contribution in [2.75, 3.05) is 6.54 Å². The highest BCUT2D eigenvalue weighted by atomic mass is 19.4. The molecule has 0 bridgehead atoms. The first kappa shape index (κ1) is 31.8. The lowest BCUT2D eigenvalue weighted by atomic mass is 9.98. The van der Waals surface area contributed by atoms with E-state index >= 15 is 0 Å². The Morgan fingerprint density at radius 1 is 0.953 bits per heavy atom. The molecule has 2 amide bonds. The van der Waals surface area contributed by atoms with Crippen LogP contribution >= 0.6 is 0 Å². The van der Waals surface area contributed by atoms with E-state index in [4.69, 9.17) is 4.74 Å². The predicted octanol–water partition coefficient (Wildman–Crippen LogP) is 5.51. The number of nitrogens with one attached hydrogen (secondary N) is 1. The summed E-state index contributed by atoms with van der Waals surface area (Å²) in [7, 11) is 0. The highest BCUT2D eigenvalue weighted by Gasteiger charge is 2.43. The fraction of sp³-hybridized carbons (Fsp3) is 0.429. The fourth-order valence-corrected chi connectivity index (χ4v) is 4.83. The lowest BCUT2D eigenvalue weighted by Gasteiger charge is -2.37. The summed E-state index contributed by atoms with van der Waals surface area (Å²) in [5.74, 6) is -6.76. The summed E-state index contributed by atoms with van der Waals surface area (Å²) in [5, 5.41) is 9.39. The minimum Gasteiger partial charge on any atom is -0.444 e. The van der Waals surface area contributed by atoms with Crippen LogP contribution in [0.1, 0.15) is 56.0 Å². The fourth-order valence-electron chi connectivity index (χ4n) is 4.83. The molecule has 2 aromatic carbocycles. The molecule has 0 saturated carbocycles. The summed E-state index contributed by atoms with van der Waals surface area (Å²) in [5.41, 5.74) is -1.20. The second-order valence-electron chi connectivity index (χ2n) is 11.0. The number of carbonyl (C=O) groups is 2. The quantitative estimate of drug-likeness (QED) is 0.280. The molecule has 43 heavy (non-hydrogen) atoms. The van der Waals surface area contributed by atoms with Gasteiger partial charge in [-0.25, -0.2) is 22.4 Å². The van der Waals surface area contributed by atoms with Crippen LogP contribution in [0.3, 0.4) is 0 Å². The van der Waals surface area contributed by atoms with Crippen LogP contribution in [-0.4, -0.2) is 49.9 Å². The number of alkyl halides is 3. The number of alkyl carbamates (subject to hydrolysis) is 1. The zero-order chi connectivity index (χ0) is 31.7. The van der Waals surface area contributed by atoms with Crippen molar-refractivity contribution in [1.82, 2.24) is 25.0 Å². The first-order valence-corrected chi connectivity index (χ1v) is 13.2. The molecule has 2 heterocycles. The number of ether oxygens (including phenoxy) is 1. The number of nitrogens with zero attached hydrogens (tertiary/aromatic N) is 4. The average Bonchev–Trinajstić information content (AvgIpc) is 3.33. The summed E-state index contributed by atoms with van der Waals surface area (Å²) in [6.07, 6.45) is -7.09. The van der Waals surface area contributed by atoms with E-state index in [1.165, 1.54) is 23.1 Å². The molecule has 0 unspecified atom stereocenters. The highest BCUT2D eigenvalue weighted by molar-refractivity contribution is 5.78. The third kappa shape index (κ3) is 7.62. The average molecular weight is 616 g/mol. The minimum atomic E-state index is -4.84. The van der Waals surface area contributed by atoms with E-state index in [1.807, 2.05) is 0 Å². The molecule has 15 heteroatoms. The van der Waals surface area contributed by atoms with Gasteiger partial charge in [-0.2, -0.15) is 13.2 Å². The molecule has 1 aliphatic rings. The first-order chi connectivity index (χ1) is 20.0. The van der Waals surface area contributed by atoms with Crippen molar-refractivity contribution in [2.45, 2.75) is 70.4 Å². The first-order valence-electron chi connectivity index (χ1n) is 13.2. The van der Waals surface area contributed by atoms with Crippen LogP contribution in [0, 0.1) is 23.3 Å². The molecule has 1 N–H and O–H groups in total. The molecule has 0 fully saturated rings. The van der Waals surface area contributed by atoms with Gasteiger partial charge in [0.2, 0.25) is 11.7 Å². The van der Waals surface area contributed by atoms with Gasteiger partial charge in [-0.1, -0.05) is 18.2 Å². The second-order valence-corrected chi connectivity index (χ2v) is 11.0. The molecule has 0 aliphatic carbocycles. The van der Waals surface area contributed by atoms with Crippen molar-refractivity contribution in [2.24, 2.45) is 0 Å². The molecule has 2 atom stereocenters. The zero-order valence-corrected chi connectivity index (χ0v) is 23.3. The molecular formula is C28H28F7N5O3. The monoisotopic (exact) mass is 615 g/mol. The Labute approximate surface area is 241 Å². The Hall–Kier alpha value is -4.17. The van der Waals surface area contributed by atoms with Gasteiger partial charge in [-0.15, -0.1) is 10.2 Å². The minimum absolute atomic E-state index is 0.0996. The molecule has 3 aromatic rings. The maximum Gasteiger partial charge on any atom is 0.451 e. The predicted molar refractivity (Wildman–Crippen MR) is 137 cm³/mol. The number of fused-ring (bicyclic) bond motifs is 1. The number of hydrogen-bond donors (Lipinski definition) is 1. The van der Waals surface area contributed by atoms with Crippen LogP contribution in [0.5, 0.6) is 0 Å². The number of hydrogen-bond acceptors (Lipinski definition) is 5. The van der Waals surface area contributed by atoms with Crippen LogP contribution in [-0.2, 0) is 35.1 Å². The van der Waals surface area contributed by atoms with E-state index in [1.54, 1.807) is 20.8 Å². The summed E-state index contributed by atoms with van der Waals surface area (Å²) in [6, 6.07) is 4.04. The van der Waals surface area contributed by atoms with Gasteiger partial charge >= 0.3 is 12.3 Å². The Balaban J connectivity index is 1.66. The van der Waals surface area contributed by atoms with Crippen molar-refractivity contribution in [3.05, 3.63) is 82.4 Å². The number of carbonyl (C=O) groups excluding carboxylic acids is 2. The van der Waals surface area contributed by atoms with E-state index in [9.17, 15) is 40.3 Å². The molecule has 0 spiro atoms. The van der Waals surface area contributed by atoms with Gasteiger partial charge in [0.15, 0.2) is 17.5 Å². The summed E-state index contributed by atoms with van der Waals surface area (Å²) in [4.78, 5) is 27.5. The molecular weight excluding hydrogens is 587 g/mol. The number of aromatic nitrogens is 3. The van der Waals surface area contributed by atoms with Gasteiger partial charge in [-0.05, 0) is 50.5 Å². The van der Waals surface area contributed by atoms with Crippen molar-refractivity contribution >= 4 is 12.0 Å². The standard InChI is InChI=1S/C28H28F7N5O3/c1-27(2,3)43-26(42)36-17(10-16-11-20(31)21(32)14-19(16)30)13-23(41)39-8-9-40-24(37-38-25(40)28(33,34)35)22(39)12-15-6-4-5-7-18(15)29/h4-7,11,14,17,22H,8-10,12-13H2,1-3H3,(H,36,42)/t17-,22-/m1/s1. The van der Waals surface area contributed by atoms with Crippen LogP contribution < -0.4 is 5.32 Å². The molecule has 0 radical (unpaired) electrons. The number of benzene rings is 2. The van der Waals surface area contributed by atoms with E-state index in [0.717, 1.165) is 10.6 Å². The van der Waals surface area contributed by atoms with Crippen LogP contribution in [0.2, 0.25) is 0 Å². The van der Waals surface area contributed by atoms with Crippen molar-refractivity contribution in [1.29, 1.82) is 0 Å². The van der Waals surface area contributed by atoms with E-state index < -0.39 is 77.8 Å². The topological polar surface area (TPSA) is 89.4 Å². The Kier molecular flexibility index (Phi) is 9.02. The smallest absolute Gasteiger partial charge is 0.444 e. The molecule has 1 aromatic heterocycles. The van der Waals surface area contributed by atoms with E-state index in [-0.39, 0.29) is 36.5 Å². The van der Waals surface area contributed by atoms with E-state index in [2.05, 4.69) is 15.5 Å². The SMILES string of the molecule is CC(C)(C)OC(=O)N[C@@H](CC(=O)N1CCn2c(nnc2C(F)(F)F)[C@H]1Cc1ccccc1F)Cc1cc(F)c(F)cc1F. The number of amides is 2. The van der Waals surface area contributed by atoms with E-state index in [0.29, 0.717) is 12.1 Å². The van der Waals surface area contributed by atoms with Crippen LogP contribution in [0.4, 0.5) is 35.5 Å². The van der Waals surface area contributed by atoms with Gasteiger partial charge in [0.25, 0.3) is 0 Å². The van der Waals surface area contributed by atoms with Crippen molar-refractivity contribution in [3.8, 4) is 0 Å². The van der Waals surface area contributed by atoms with Gasteiger partial charge in [0, 0.05) is 38.0 Å². The molecule has 1 aliphatic heterocycles. The molecule has 8 nitrogen and oxygen atoms in total. The number of halogens is 7. The Bertz CT molecular complexity index is 1500. The summed E-state index contributed by atoms with van der Waals surface area (Å²) < 4.78 is 103. The Morgan fingerprint density at radius 2 is 1.63 bits per heavy atom. The van der Waals surface area contributed by atoms with Crippen molar-refractivity contribution in [3.63, 3.8) is 0 Å². The zero-order valence-electron chi connectivity index (χ0n) is 23.3. The van der Waals surface area contributed by atoms with Crippen LogP contribution in [0.25, 0.3) is 0 Å².